The first kappa shape index (κ1) is 32.0. The van der Waals surface area contributed by atoms with Gasteiger partial charge in [-0.3, -0.25) is 9.59 Å². The molecule has 0 unspecified atom stereocenters. The number of hydrogen-bond acceptors (Lipinski definition) is 6. The van der Waals surface area contributed by atoms with E-state index in [0.29, 0.717) is 49.6 Å². The number of nitrogens with zero attached hydrogens (tertiary/aromatic N) is 2. The third-order valence-electron chi connectivity index (χ3n) is 6.02. The Balaban J connectivity index is 2.17. The van der Waals surface area contributed by atoms with Crippen LogP contribution in [-0.4, -0.2) is 75.3 Å². The molecule has 0 saturated heterocycles. The molecule has 0 spiro atoms. The van der Waals surface area contributed by atoms with Crippen LogP contribution in [0.2, 0.25) is 10.0 Å². The lowest BCUT2D eigenvalue weighted by atomic mass is 10.1. The van der Waals surface area contributed by atoms with Gasteiger partial charge in [0.25, 0.3) is 0 Å². The van der Waals surface area contributed by atoms with Crippen molar-refractivity contribution in [2.24, 2.45) is 11.5 Å². The van der Waals surface area contributed by atoms with Gasteiger partial charge in [0.15, 0.2) is 0 Å². The number of halogens is 2. The number of carbonyl (C=O) groups excluding carboxylic acids is 2. The Labute approximate surface area is 235 Å². The number of carbonyl (C=O) groups is 2. The van der Waals surface area contributed by atoms with E-state index < -0.39 is 22.5 Å². The summed E-state index contributed by atoms with van der Waals surface area (Å²) in [6.45, 7) is 2.89. The zero-order valence-corrected chi connectivity index (χ0v) is 24.0. The second-order valence-electron chi connectivity index (χ2n) is 8.85. The van der Waals surface area contributed by atoms with Crippen LogP contribution in [0.5, 0.6) is 0 Å². The first-order valence-electron chi connectivity index (χ1n) is 12.5. The molecule has 0 aromatic heterocycles. The molecule has 2 rings (SSSR count). The molecule has 38 heavy (non-hydrogen) atoms. The largest absolute Gasteiger partial charge is 0.346 e. The number of nitrogens with two attached hydrogens (primary N) is 2. The SMILES string of the molecule is Cc1c(Cl)ccc(S(=O)(=O)N(CCc2ccccc2)CC(=O)NCC(=O)N(CCCN)CCCCN)c1Cl. The molecular formula is C26H37Cl2N5O4S. The minimum Gasteiger partial charge on any atom is -0.346 e. The molecule has 12 heteroatoms. The number of rotatable bonds is 16. The predicted molar refractivity (Wildman–Crippen MR) is 152 cm³/mol. The van der Waals surface area contributed by atoms with E-state index in [9.17, 15) is 18.0 Å². The minimum atomic E-state index is -4.16. The lowest BCUT2D eigenvalue weighted by Crippen LogP contribution is -2.46. The van der Waals surface area contributed by atoms with Crippen LogP contribution in [0.25, 0.3) is 0 Å². The minimum absolute atomic E-state index is 0.00539. The first-order valence-corrected chi connectivity index (χ1v) is 14.7. The molecule has 0 atom stereocenters. The topological polar surface area (TPSA) is 139 Å². The van der Waals surface area contributed by atoms with Crippen molar-refractivity contribution in [3.63, 3.8) is 0 Å². The molecule has 5 N–H and O–H groups in total. The van der Waals surface area contributed by atoms with Crippen molar-refractivity contribution in [2.75, 3.05) is 45.8 Å². The van der Waals surface area contributed by atoms with E-state index in [1.807, 2.05) is 30.3 Å². The Morgan fingerprint density at radius 3 is 2.24 bits per heavy atom. The van der Waals surface area contributed by atoms with E-state index >= 15 is 0 Å². The molecule has 0 fully saturated rings. The van der Waals surface area contributed by atoms with E-state index in [0.717, 1.165) is 22.7 Å². The molecular weight excluding hydrogens is 549 g/mol. The maximum absolute atomic E-state index is 13.6. The number of amides is 2. The first-order chi connectivity index (χ1) is 18.1. The zero-order chi connectivity index (χ0) is 28.1. The van der Waals surface area contributed by atoms with Crippen molar-refractivity contribution in [3.05, 3.63) is 63.6 Å². The molecule has 2 aromatic rings. The van der Waals surface area contributed by atoms with Gasteiger partial charge in [0.05, 0.1) is 18.1 Å². The summed E-state index contributed by atoms with van der Waals surface area (Å²) in [5.41, 5.74) is 12.5. The lowest BCUT2D eigenvalue weighted by Gasteiger charge is -2.24. The van der Waals surface area contributed by atoms with Gasteiger partial charge in [-0.15, -0.1) is 0 Å². The maximum Gasteiger partial charge on any atom is 0.245 e. The number of hydrogen-bond donors (Lipinski definition) is 3. The van der Waals surface area contributed by atoms with Gasteiger partial charge in [-0.1, -0.05) is 53.5 Å². The van der Waals surface area contributed by atoms with Crippen molar-refractivity contribution in [1.29, 1.82) is 0 Å². The zero-order valence-electron chi connectivity index (χ0n) is 21.7. The smallest absolute Gasteiger partial charge is 0.245 e. The summed E-state index contributed by atoms with van der Waals surface area (Å²) < 4.78 is 28.3. The quantitative estimate of drug-likeness (QED) is 0.259. The van der Waals surface area contributed by atoms with Crippen LogP contribution in [0.3, 0.4) is 0 Å². The summed E-state index contributed by atoms with van der Waals surface area (Å²) in [6, 6.07) is 12.1. The highest BCUT2D eigenvalue weighted by molar-refractivity contribution is 7.89. The second kappa shape index (κ2) is 16.0. The molecule has 0 heterocycles. The fraction of sp³-hybridized carbons (Fsp3) is 0.462. The van der Waals surface area contributed by atoms with Crippen LogP contribution in [-0.2, 0) is 26.0 Å². The Morgan fingerprint density at radius 1 is 0.921 bits per heavy atom. The van der Waals surface area contributed by atoms with Gasteiger partial charge in [-0.05, 0) is 69.0 Å². The number of nitrogens with one attached hydrogen (secondary N) is 1. The fourth-order valence-electron chi connectivity index (χ4n) is 3.75. The molecule has 9 nitrogen and oxygen atoms in total. The molecule has 0 aliphatic rings. The van der Waals surface area contributed by atoms with E-state index in [1.165, 1.54) is 12.1 Å². The summed E-state index contributed by atoms with van der Waals surface area (Å²) in [5.74, 6) is -0.864. The number of unbranched alkanes of at least 4 members (excludes halogenated alkanes) is 1. The number of benzene rings is 2. The molecule has 0 bridgehead atoms. The Bertz CT molecular complexity index is 1170. The van der Waals surface area contributed by atoms with Crippen LogP contribution in [0, 0.1) is 6.92 Å². The fourth-order valence-corrected chi connectivity index (χ4v) is 5.93. The van der Waals surface area contributed by atoms with E-state index in [-0.39, 0.29) is 28.9 Å². The molecule has 0 aliphatic carbocycles. The molecule has 0 saturated carbocycles. The van der Waals surface area contributed by atoms with Gasteiger partial charge < -0.3 is 21.7 Å². The van der Waals surface area contributed by atoms with Gasteiger partial charge in [0.2, 0.25) is 21.8 Å². The van der Waals surface area contributed by atoms with Crippen molar-refractivity contribution in [1.82, 2.24) is 14.5 Å². The lowest BCUT2D eigenvalue weighted by molar-refractivity contribution is -0.133. The number of sulfonamides is 1. The summed E-state index contributed by atoms with van der Waals surface area (Å²) >= 11 is 12.5. The Morgan fingerprint density at radius 2 is 1.58 bits per heavy atom. The highest BCUT2D eigenvalue weighted by Crippen LogP contribution is 2.32. The van der Waals surface area contributed by atoms with Crippen LogP contribution < -0.4 is 16.8 Å². The van der Waals surface area contributed by atoms with Gasteiger partial charge in [0.1, 0.15) is 4.90 Å². The third kappa shape index (κ3) is 9.52. The third-order valence-corrected chi connectivity index (χ3v) is 8.92. The molecule has 2 amide bonds. The Kier molecular flexibility index (Phi) is 13.5. The predicted octanol–water partition coefficient (Wildman–Crippen LogP) is 2.57. The molecule has 2 aromatic carbocycles. The van der Waals surface area contributed by atoms with Gasteiger partial charge in [-0.2, -0.15) is 4.31 Å². The van der Waals surface area contributed by atoms with E-state index in [4.69, 9.17) is 34.7 Å². The van der Waals surface area contributed by atoms with Crippen molar-refractivity contribution in [2.45, 2.75) is 37.5 Å². The molecule has 0 radical (unpaired) electrons. The van der Waals surface area contributed by atoms with E-state index in [2.05, 4.69) is 5.32 Å². The van der Waals surface area contributed by atoms with Gasteiger partial charge in [0, 0.05) is 24.7 Å². The van der Waals surface area contributed by atoms with E-state index in [1.54, 1.807) is 11.8 Å². The van der Waals surface area contributed by atoms with Gasteiger partial charge >= 0.3 is 0 Å². The highest BCUT2D eigenvalue weighted by Gasteiger charge is 2.30. The summed E-state index contributed by atoms with van der Waals surface area (Å²) in [6.07, 6.45) is 2.53. The van der Waals surface area contributed by atoms with Gasteiger partial charge in [-0.25, -0.2) is 8.42 Å². The van der Waals surface area contributed by atoms with Crippen molar-refractivity contribution in [3.8, 4) is 0 Å². The van der Waals surface area contributed by atoms with Crippen molar-refractivity contribution >= 4 is 45.0 Å². The molecule has 0 aliphatic heterocycles. The summed E-state index contributed by atoms with van der Waals surface area (Å²) in [5, 5.41) is 2.92. The Hall–Kier alpha value is -2.21. The van der Waals surface area contributed by atoms with Crippen LogP contribution in [0.15, 0.2) is 47.4 Å². The maximum atomic E-state index is 13.6. The summed E-state index contributed by atoms with van der Waals surface area (Å²) in [4.78, 5) is 27.1. The average molecular weight is 587 g/mol. The monoisotopic (exact) mass is 585 g/mol. The highest BCUT2D eigenvalue weighted by atomic mass is 35.5. The standard InChI is InChI=1S/C26H37Cl2N5O4S/c1-20-22(27)10-11-23(26(20)28)38(36,37)33(17-12-21-8-3-2-4-9-21)19-24(34)31-18-25(35)32(16-7-14-30)15-6-5-13-29/h2-4,8-11H,5-7,12-19,29-30H2,1H3,(H,31,34). The van der Waals surface area contributed by atoms with Crippen LogP contribution in [0.1, 0.15) is 30.4 Å². The summed E-state index contributed by atoms with van der Waals surface area (Å²) in [7, 11) is -4.16. The normalized spacial score (nSPS) is 11.5. The average Bonchev–Trinajstić information content (AvgIpc) is 2.90. The molecule has 210 valence electrons. The van der Waals surface area contributed by atoms with Crippen LogP contribution >= 0.6 is 23.2 Å². The second-order valence-corrected chi connectivity index (χ2v) is 11.5. The van der Waals surface area contributed by atoms with Crippen LogP contribution in [0.4, 0.5) is 0 Å². The van der Waals surface area contributed by atoms with Crippen molar-refractivity contribution < 1.29 is 18.0 Å².